The van der Waals surface area contributed by atoms with Gasteiger partial charge in [-0.15, -0.1) is 12.3 Å². The van der Waals surface area contributed by atoms with Crippen molar-refractivity contribution in [2.45, 2.75) is 39.0 Å². The summed E-state index contributed by atoms with van der Waals surface area (Å²) in [5.41, 5.74) is 0. The molecule has 0 aliphatic carbocycles. The summed E-state index contributed by atoms with van der Waals surface area (Å²) >= 11 is 0. The van der Waals surface area contributed by atoms with Crippen LogP contribution in [0.2, 0.25) is 0 Å². The van der Waals surface area contributed by atoms with Gasteiger partial charge in [-0.25, -0.2) is 0 Å². The van der Waals surface area contributed by atoms with Crippen molar-refractivity contribution in [3.05, 3.63) is 23.7 Å². The van der Waals surface area contributed by atoms with Crippen molar-refractivity contribution in [3.8, 4) is 12.3 Å². The highest BCUT2D eigenvalue weighted by atomic mass is 16.4. The molecule has 0 saturated carbocycles. The first kappa shape index (κ1) is 11.8. The number of rotatable bonds is 6. The molecule has 0 aromatic carbocycles. The van der Waals surface area contributed by atoms with Gasteiger partial charge in [0, 0.05) is 12.5 Å². The first-order valence-corrected chi connectivity index (χ1v) is 5.15. The highest BCUT2D eigenvalue weighted by Crippen LogP contribution is 2.08. The molecule has 1 heterocycles. The second-order valence-electron chi connectivity index (χ2n) is 3.42. The smallest absolute Gasteiger partial charge is 0.129 e. The summed E-state index contributed by atoms with van der Waals surface area (Å²) in [6, 6.07) is 3.97. The molecule has 3 heteroatoms. The minimum absolute atomic E-state index is 0.0540. The molecule has 0 bridgehead atoms. The quantitative estimate of drug-likeness (QED) is 0.697. The Kier molecular flexibility index (Phi) is 4.96. The standard InChI is InChI=1S/C12H17NO2/c1-3-5-10(4-2)13-8-11-6-7-12(9-14)15-11/h1,6-7,10,13-14H,4-5,8-9H2,2H3. The van der Waals surface area contributed by atoms with Crippen LogP contribution in [0.15, 0.2) is 16.5 Å². The summed E-state index contributed by atoms with van der Waals surface area (Å²) in [7, 11) is 0. The van der Waals surface area contributed by atoms with Crippen LogP contribution in [0.3, 0.4) is 0 Å². The number of aliphatic hydroxyl groups is 1. The maximum absolute atomic E-state index is 8.82. The lowest BCUT2D eigenvalue weighted by molar-refractivity contribution is 0.242. The van der Waals surface area contributed by atoms with Gasteiger partial charge >= 0.3 is 0 Å². The first-order valence-electron chi connectivity index (χ1n) is 5.15. The number of aliphatic hydroxyl groups excluding tert-OH is 1. The lowest BCUT2D eigenvalue weighted by atomic mass is 10.1. The van der Waals surface area contributed by atoms with Gasteiger partial charge in [-0.05, 0) is 18.6 Å². The van der Waals surface area contributed by atoms with E-state index < -0.39 is 0 Å². The Balaban J connectivity index is 2.38. The monoisotopic (exact) mass is 207 g/mol. The van der Waals surface area contributed by atoms with Gasteiger partial charge in [-0.3, -0.25) is 0 Å². The van der Waals surface area contributed by atoms with E-state index >= 15 is 0 Å². The number of terminal acetylenes is 1. The molecule has 0 saturated heterocycles. The molecule has 2 N–H and O–H groups in total. The summed E-state index contributed by atoms with van der Waals surface area (Å²) < 4.78 is 5.34. The van der Waals surface area contributed by atoms with Gasteiger partial charge in [0.2, 0.25) is 0 Å². The van der Waals surface area contributed by atoms with Gasteiger partial charge in [0.15, 0.2) is 0 Å². The summed E-state index contributed by atoms with van der Waals surface area (Å²) in [5.74, 6) is 4.06. The van der Waals surface area contributed by atoms with Gasteiger partial charge in [0.05, 0.1) is 6.54 Å². The average Bonchev–Trinajstić information content (AvgIpc) is 2.72. The van der Waals surface area contributed by atoms with E-state index in [2.05, 4.69) is 18.2 Å². The van der Waals surface area contributed by atoms with Crippen molar-refractivity contribution >= 4 is 0 Å². The fourth-order valence-electron chi connectivity index (χ4n) is 1.35. The lowest BCUT2D eigenvalue weighted by Crippen LogP contribution is -2.27. The van der Waals surface area contributed by atoms with Gasteiger partial charge in [-0.1, -0.05) is 6.92 Å². The molecule has 0 aliphatic heterocycles. The number of hydrogen-bond acceptors (Lipinski definition) is 3. The third-order valence-corrected chi connectivity index (χ3v) is 2.30. The van der Waals surface area contributed by atoms with Crippen LogP contribution in [0.5, 0.6) is 0 Å². The van der Waals surface area contributed by atoms with Crippen LogP contribution < -0.4 is 5.32 Å². The van der Waals surface area contributed by atoms with Crippen molar-refractivity contribution in [2.75, 3.05) is 0 Å². The van der Waals surface area contributed by atoms with Crippen molar-refractivity contribution in [1.82, 2.24) is 5.32 Å². The molecular weight excluding hydrogens is 190 g/mol. The number of hydrogen-bond donors (Lipinski definition) is 2. The molecule has 0 fully saturated rings. The molecule has 0 spiro atoms. The highest BCUT2D eigenvalue weighted by molar-refractivity contribution is 5.06. The second kappa shape index (κ2) is 6.28. The second-order valence-corrected chi connectivity index (χ2v) is 3.42. The molecule has 1 aromatic heterocycles. The molecule has 1 aromatic rings. The Hall–Kier alpha value is -1.24. The largest absolute Gasteiger partial charge is 0.462 e. The summed E-state index contributed by atoms with van der Waals surface area (Å²) in [6.45, 7) is 2.69. The van der Waals surface area contributed by atoms with Crippen molar-refractivity contribution in [2.24, 2.45) is 0 Å². The third kappa shape index (κ3) is 3.78. The summed E-state index contributed by atoms with van der Waals surface area (Å²) in [4.78, 5) is 0. The minimum atomic E-state index is -0.0540. The Bertz CT molecular complexity index is 325. The summed E-state index contributed by atoms with van der Waals surface area (Å²) in [6.07, 6.45) is 6.98. The van der Waals surface area contributed by atoms with Crippen LogP contribution in [-0.2, 0) is 13.2 Å². The highest BCUT2D eigenvalue weighted by Gasteiger charge is 2.05. The molecule has 0 radical (unpaired) electrons. The fraction of sp³-hybridized carbons (Fsp3) is 0.500. The number of nitrogens with one attached hydrogen (secondary N) is 1. The van der Waals surface area contributed by atoms with Crippen molar-refractivity contribution in [3.63, 3.8) is 0 Å². The zero-order chi connectivity index (χ0) is 11.1. The van der Waals surface area contributed by atoms with E-state index in [0.717, 1.165) is 18.6 Å². The van der Waals surface area contributed by atoms with Gasteiger partial charge in [-0.2, -0.15) is 0 Å². The average molecular weight is 207 g/mol. The van der Waals surface area contributed by atoms with Crippen LogP contribution in [-0.4, -0.2) is 11.1 Å². The Labute approximate surface area is 90.5 Å². The van der Waals surface area contributed by atoms with E-state index in [0.29, 0.717) is 18.3 Å². The molecule has 0 amide bonds. The zero-order valence-corrected chi connectivity index (χ0v) is 8.99. The third-order valence-electron chi connectivity index (χ3n) is 2.30. The Morgan fingerprint density at radius 3 is 2.80 bits per heavy atom. The first-order chi connectivity index (χ1) is 7.30. The molecule has 1 atom stereocenters. The maximum Gasteiger partial charge on any atom is 0.129 e. The lowest BCUT2D eigenvalue weighted by Gasteiger charge is -2.12. The van der Waals surface area contributed by atoms with E-state index in [1.807, 2.05) is 6.07 Å². The molecule has 15 heavy (non-hydrogen) atoms. The predicted molar refractivity (Wildman–Crippen MR) is 59.0 cm³/mol. The van der Waals surface area contributed by atoms with E-state index in [1.54, 1.807) is 6.07 Å². The van der Waals surface area contributed by atoms with Gasteiger partial charge in [0.25, 0.3) is 0 Å². The molecule has 3 nitrogen and oxygen atoms in total. The molecule has 1 rings (SSSR count). The predicted octanol–water partition coefficient (Wildman–Crippen LogP) is 1.66. The van der Waals surface area contributed by atoms with Gasteiger partial charge in [0.1, 0.15) is 18.1 Å². The number of furan rings is 1. The molecule has 82 valence electrons. The topological polar surface area (TPSA) is 45.4 Å². The van der Waals surface area contributed by atoms with E-state index in [1.165, 1.54) is 0 Å². The maximum atomic E-state index is 8.82. The van der Waals surface area contributed by atoms with Crippen LogP contribution >= 0.6 is 0 Å². The Morgan fingerprint density at radius 1 is 1.53 bits per heavy atom. The summed E-state index contributed by atoms with van der Waals surface area (Å²) in [5, 5.41) is 12.1. The van der Waals surface area contributed by atoms with Gasteiger partial charge < -0.3 is 14.8 Å². The van der Waals surface area contributed by atoms with Crippen LogP contribution in [0.25, 0.3) is 0 Å². The minimum Gasteiger partial charge on any atom is -0.462 e. The molecule has 1 unspecified atom stereocenters. The van der Waals surface area contributed by atoms with E-state index in [9.17, 15) is 0 Å². The van der Waals surface area contributed by atoms with E-state index in [4.69, 9.17) is 15.9 Å². The van der Waals surface area contributed by atoms with Crippen molar-refractivity contribution in [1.29, 1.82) is 0 Å². The normalized spacial score (nSPS) is 12.3. The van der Waals surface area contributed by atoms with Crippen LogP contribution in [0.1, 0.15) is 31.3 Å². The molecule has 0 aliphatic rings. The van der Waals surface area contributed by atoms with Crippen LogP contribution in [0.4, 0.5) is 0 Å². The SMILES string of the molecule is C#CCC(CC)NCc1ccc(CO)o1. The van der Waals surface area contributed by atoms with E-state index in [-0.39, 0.29) is 6.61 Å². The van der Waals surface area contributed by atoms with Crippen molar-refractivity contribution < 1.29 is 9.52 Å². The molecular formula is C12H17NO2. The van der Waals surface area contributed by atoms with Crippen LogP contribution in [0, 0.1) is 12.3 Å². The zero-order valence-electron chi connectivity index (χ0n) is 8.99. The fourth-order valence-corrected chi connectivity index (χ4v) is 1.35. The Morgan fingerprint density at radius 2 is 2.27 bits per heavy atom.